The number of carbonyl (C=O) groups is 1. The molecule has 0 fully saturated rings. The lowest BCUT2D eigenvalue weighted by Crippen LogP contribution is -2.11. The van der Waals surface area contributed by atoms with Gasteiger partial charge < -0.3 is 10.1 Å². The second kappa shape index (κ2) is 6.65. The van der Waals surface area contributed by atoms with E-state index >= 15 is 0 Å². The lowest BCUT2D eigenvalue weighted by atomic mass is 10.2. The Balaban J connectivity index is 1.66. The molecule has 5 nitrogen and oxygen atoms in total. The van der Waals surface area contributed by atoms with Gasteiger partial charge in [0.2, 0.25) is 0 Å². The number of hydrogen-bond acceptors (Lipinski definition) is 4. The molecule has 3 aromatic rings. The van der Waals surface area contributed by atoms with E-state index in [-0.39, 0.29) is 17.7 Å². The smallest absolute Gasteiger partial charge is 0.321 e. The van der Waals surface area contributed by atoms with Gasteiger partial charge in [-0.05, 0) is 54.6 Å². The molecule has 0 bridgehead atoms. The lowest BCUT2D eigenvalue weighted by molar-refractivity contribution is 0.102. The van der Waals surface area contributed by atoms with Crippen LogP contribution in [-0.2, 0) is 0 Å². The van der Waals surface area contributed by atoms with Crippen LogP contribution >= 0.6 is 0 Å². The van der Waals surface area contributed by atoms with Gasteiger partial charge in [-0.15, -0.1) is 0 Å². The fraction of sp³-hybridized carbons (Fsp3) is 0. The summed E-state index contributed by atoms with van der Waals surface area (Å²) in [6, 6.07) is 14.0. The van der Waals surface area contributed by atoms with E-state index in [2.05, 4.69) is 15.3 Å². The van der Waals surface area contributed by atoms with Crippen LogP contribution in [0.2, 0.25) is 0 Å². The normalized spacial score (nSPS) is 10.1. The molecule has 6 heteroatoms. The Bertz CT molecular complexity index is 790. The molecule has 0 saturated carbocycles. The van der Waals surface area contributed by atoms with E-state index in [0.29, 0.717) is 17.0 Å². The number of benzene rings is 2. The van der Waals surface area contributed by atoms with E-state index in [1.165, 1.54) is 24.3 Å². The van der Waals surface area contributed by atoms with E-state index in [1.807, 2.05) is 0 Å². The zero-order valence-electron chi connectivity index (χ0n) is 11.9. The van der Waals surface area contributed by atoms with Gasteiger partial charge in [0.1, 0.15) is 11.6 Å². The Hall–Kier alpha value is -3.28. The van der Waals surface area contributed by atoms with Crippen molar-refractivity contribution in [2.45, 2.75) is 0 Å². The van der Waals surface area contributed by atoms with Gasteiger partial charge in [0.05, 0.1) is 0 Å². The Morgan fingerprint density at radius 1 is 0.957 bits per heavy atom. The highest BCUT2D eigenvalue weighted by Gasteiger charge is 2.07. The molecule has 1 N–H and O–H groups in total. The molecule has 0 aliphatic carbocycles. The largest absolute Gasteiger partial charge is 0.424 e. The SMILES string of the molecule is O=C(Nc1ccc(F)cc1)c1ccc(Oc2ncccn2)cc1. The maximum Gasteiger partial charge on any atom is 0.321 e. The van der Waals surface area contributed by atoms with Gasteiger partial charge in [0.15, 0.2) is 0 Å². The minimum atomic E-state index is -0.354. The molecule has 114 valence electrons. The molecule has 0 aliphatic rings. The van der Waals surface area contributed by atoms with Gasteiger partial charge in [0, 0.05) is 23.6 Å². The van der Waals surface area contributed by atoms with E-state index in [1.54, 1.807) is 42.7 Å². The van der Waals surface area contributed by atoms with Crippen molar-refractivity contribution in [3.8, 4) is 11.8 Å². The number of nitrogens with zero attached hydrogens (tertiary/aromatic N) is 2. The molecule has 0 atom stereocenters. The average molecular weight is 309 g/mol. The average Bonchev–Trinajstić information content (AvgIpc) is 2.58. The third-order valence-electron chi connectivity index (χ3n) is 2.97. The number of carbonyl (C=O) groups excluding carboxylic acids is 1. The summed E-state index contributed by atoms with van der Waals surface area (Å²) in [4.78, 5) is 20.0. The molecule has 1 amide bonds. The quantitative estimate of drug-likeness (QED) is 0.799. The number of nitrogens with one attached hydrogen (secondary N) is 1. The first kappa shape index (κ1) is 14.6. The number of amides is 1. The predicted octanol–water partition coefficient (Wildman–Crippen LogP) is 3.66. The summed E-state index contributed by atoms with van der Waals surface area (Å²) in [6.45, 7) is 0. The zero-order valence-corrected chi connectivity index (χ0v) is 11.9. The summed E-state index contributed by atoms with van der Waals surface area (Å²) in [7, 11) is 0. The van der Waals surface area contributed by atoms with E-state index in [4.69, 9.17) is 4.74 Å². The minimum absolute atomic E-state index is 0.232. The molecule has 0 aliphatic heterocycles. The van der Waals surface area contributed by atoms with Crippen molar-refractivity contribution in [3.63, 3.8) is 0 Å². The number of rotatable bonds is 4. The van der Waals surface area contributed by atoms with Crippen LogP contribution in [0.3, 0.4) is 0 Å². The second-order valence-corrected chi connectivity index (χ2v) is 4.62. The van der Waals surface area contributed by atoms with Crippen LogP contribution in [0.1, 0.15) is 10.4 Å². The van der Waals surface area contributed by atoms with Crippen molar-refractivity contribution in [1.82, 2.24) is 9.97 Å². The van der Waals surface area contributed by atoms with E-state index < -0.39 is 0 Å². The minimum Gasteiger partial charge on any atom is -0.424 e. The lowest BCUT2D eigenvalue weighted by Gasteiger charge is -2.06. The summed E-state index contributed by atoms with van der Waals surface area (Å²) in [5, 5.41) is 2.68. The predicted molar refractivity (Wildman–Crippen MR) is 82.9 cm³/mol. The Kier molecular flexibility index (Phi) is 4.24. The summed E-state index contributed by atoms with van der Waals surface area (Å²) in [6.07, 6.45) is 3.15. The molecule has 1 heterocycles. The summed E-state index contributed by atoms with van der Waals surface area (Å²) in [5.74, 6) is -0.124. The molecule has 0 saturated heterocycles. The molecule has 23 heavy (non-hydrogen) atoms. The molecule has 2 aromatic carbocycles. The third-order valence-corrected chi connectivity index (χ3v) is 2.97. The molecule has 1 aromatic heterocycles. The van der Waals surface area contributed by atoms with Crippen LogP contribution in [0.25, 0.3) is 0 Å². The highest BCUT2D eigenvalue weighted by Crippen LogP contribution is 2.18. The molecule has 3 rings (SSSR count). The monoisotopic (exact) mass is 309 g/mol. The number of aromatic nitrogens is 2. The van der Waals surface area contributed by atoms with Gasteiger partial charge in [-0.3, -0.25) is 4.79 Å². The fourth-order valence-corrected chi connectivity index (χ4v) is 1.85. The highest BCUT2D eigenvalue weighted by atomic mass is 19.1. The van der Waals surface area contributed by atoms with Crippen LogP contribution in [-0.4, -0.2) is 15.9 Å². The number of anilines is 1. The van der Waals surface area contributed by atoms with Crippen molar-refractivity contribution in [2.75, 3.05) is 5.32 Å². The van der Waals surface area contributed by atoms with Crippen LogP contribution in [0.5, 0.6) is 11.8 Å². The number of ether oxygens (including phenoxy) is 1. The van der Waals surface area contributed by atoms with E-state index in [0.717, 1.165) is 0 Å². The first-order valence-electron chi connectivity index (χ1n) is 6.82. The number of halogens is 1. The summed E-state index contributed by atoms with van der Waals surface area (Å²) >= 11 is 0. The first-order chi connectivity index (χ1) is 11.2. The van der Waals surface area contributed by atoms with Crippen molar-refractivity contribution in [2.24, 2.45) is 0 Å². The maximum absolute atomic E-state index is 12.8. The molecule has 0 unspecified atom stereocenters. The first-order valence-corrected chi connectivity index (χ1v) is 6.82. The zero-order chi connectivity index (χ0) is 16.1. The molecular formula is C17H12FN3O2. The van der Waals surface area contributed by atoms with Gasteiger partial charge in [0.25, 0.3) is 5.91 Å². The topological polar surface area (TPSA) is 64.1 Å². The van der Waals surface area contributed by atoms with Crippen LogP contribution in [0.15, 0.2) is 67.0 Å². The van der Waals surface area contributed by atoms with Crippen molar-refractivity contribution in [1.29, 1.82) is 0 Å². The Labute approximate surface area is 131 Å². The Morgan fingerprint density at radius 2 is 1.61 bits per heavy atom. The van der Waals surface area contributed by atoms with Gasteiger partial charge in [-0.2, -0.15) is 0 Å². The summed E-state index contributed by atoms with van der Waals surface area (Å²) in [5.41, 5.74) is 0.977. The molecule has 0 spiro atoms. The number of hydrogen-bond donors (Lipinski definition) is 1. The second-order valence-electron chi connectivity index (χ2n) is 4.62. The van der Waals surface area contributed by atoms with Crippen LogP contribution in [0.4, 0.5) is 10.1 Å². The van der Waals surface area contributed by atoms with Crippen LogP contribution < -0.4 is 10.1 Å². The summed E-state index contributed by atoms with van der Waals surface area (Å²) < 4.78 is 18.3. The highest BCUT2D eigenvalue weighted by molar-refractivity contribution is 6.04. The Morgan fingerprint density at radius 3 is 2.26 bits per heavy atom. The van der Waals surface area contributed by atoms with Gasteiger partial charge >= 0.3 is 6.01 Å². The fourth-order valence-electron chi connectivity index (χ4n) is 1.85. The van der Waals surface area contributed by atoms with Crippen molar-refractivity contribution < 1.29 is 13.9 Å². The van der Waals surface area contributed by atoms with Crippen LogP contribution in [0, 0.1) is 5.82 Å². The van der Waals surface area contributed by atoms with Gasteiger partial charge in [-0.1, -0.05) is 0 Å². The van der Waals surface area contributed by atoms with Crippen molar-refractivity contribution in [3.05, 3.63) is 78.4 Å². The molecular weight excluding hydrogens is 297 g/mol. The third kappa shape index (κ3) is 3.88. The standard InChI is InChI=1S/C17H12FN3O2/c18-13-4-6-14(7-5-13)21-16(22)12-2-8-15(9-3-12)23-17-19-10-1-11-20-17/h1-11H,(H,21,22). The van der Waals surface area contributed by atoms with Gasteiger partial charge in [-0.25, -0.2) is 14.4 Å². The van der Waals surface area contributed by atoms with Crippen molar-refractivity contribution >= 4 is 11.6 Å². The molecule has 0 radical (unpaired) electrons. The maximum atomic E-state index is 12.8. The van der Waals surface area contributed by atoms with E-state index in [9.17, 15) is 9.18 Å².